The molecule has 2 N–H and O–H groups in total. The molecule has 27 heavy (non-hydrogen) atoms. The fourth-order valence-electron chi connectivity index (χ4n) is 3.71. The summed E-state index contributed by atoms with van der Waals surface area (Å²) >= 11 is 0. The molecule has 1 aliphatic carbocycles. The maximum absolute atomic E-state index is 12.7. The predicted molar refractivity (Wildman–Crippen MR) is 95.1 cm³/mol. The molecule has 2 aliphatic rings. The zero-order valence-electron chi connectivity index (χ0n) is 14.8. The second kappa shape index (κ2) is 6.53. The Hall–Kier alpha value is -3.16. The average Bonchev–Trinajstić information content (AvgIpc) is 3.31. The third-order valence-corrected chi connectivity index (χ3v) is 5.18. The quantitative estimate of drug-likeness (QED) is 0.829. The van der Waals surface area contributed by atoms with Gasteiger partial charge < -0.3 is 15.3 Å². The molecule has 8 heteroatoms. The zero-order chi connectivity index (χ0) is 19.1. The van der Waals surface area contributed by atoms with E-state index in [-0.39, 0.29) is 41.9 Å². The summed E-state index contributed by atoms with van der Waals surface area (Å²) in [6.45, 7) is 0. The molecule has 0 radical (unpaired) electrons. The van der Waals surface area contributed by atoms with Crippen LogP contribution in [0.3, 0.4) is 0 Å². The Kier molecular flexibility index (Phi) is 4.18. The van der Waals surface area contributed by atoms with Gasteiger partial charge in [-0.15, -0.1) is 0 Å². The summed E-state index contributed by atoms with van der Waals surface area (Å²) < 4.78 is 1.74. The minimum atomic E-state index is -1.04. The lowest BCUT2D eigenvalue weighted by Gasteiger charge is -2.28. The second-order valence-corrected chi connectivity index (χ2v) is 7.02. The Bertz CT molecular complexity index is 901. The summed E-state index contributed by atoms with van der Waals surface area (Å²) in [6, 6.07) is 7.24. The number of benzene rings is 1. The highest BCUT2D eigenvalue weighted by atomic mass is 16.4. The highest BCUT2D eigenvalue weighted by molar-refractivity contribution is 5.96. The van der Waals surface area contributed by atoms with Crippen LogP contribution in [0.15, 0.2) is 36.5 Å². The first-order valence-electron chi connectivity index (χ1n) is 8.89. The lowest BCUT2D eigenvalue weighted by molar-refractivity contribution is -0.129. The van der Waals surface area contributed by atoms with Crippen molar-refractivity contribution in [3.05, 3.63) is 53.3 Å². The Morgan fingerprint density at radius 2 is 1.81 bits per heavy atom. The highest BCUT2D eigenvalue weighted by Gasteiger charge is 2.48. The molecule has 1 aliphatic heterocycles. The third-order valence-electron chi connectivity index (χ3n) is 5.18. The average molecular weight is 368 g/mol. The number of aromatic nitrogens is 2. The highest BCUT2D eigenvalue weighted by Crippen LogP contribution is 2.41. The van der Waals surface area contributed by atoms with Crippen molar-refractivity contribution in [1.82, 2.24) is 20.0 Å². The largest absolute Gasteiger partial charge is 0.478 e. The summed E-state index contributed by atoms with van der Waals surface area (Å²) in [6.07, 6.45) is 3.90. The van der Waals surface area contributed by atoms with Gasteiger partial charge in [-0.2, -0.15) is 5.10 Å². The number of carboxylic acids is 1. The molecule has 8 nitrogen and oxygen atoms in total. The molecule has 1 saturated heterocycles. The van der Waals surface area contributed by atoms with E-state index >= 15 is 0 Å². The number of amides is 2. The normalized spacial score (nSPS) is 22.1. The van der Waals surface area contributed by atoms with Crippen molar-refractivity contribution in [2.45, 2.75) is 37.4 Å². The molecule has 2 heterocycles. The van der Waals surface area contributed by atoms with Crippen LogP contribution in [-0.4, -0.2) is 49.7 Å². The van der Waals surface area contributed by atoms with Crippen LogP contribution < -0.4 is 5.32 Å². The van der Waals surface area contributed by atoms with Gasteiger partial charge in [0.15, 0.2) is 0 Å². The van der Waals surface area contributed by atoms with E-state index in [4.69, 9.17) is 5.11 Å². The van der Waals surface area contributed by atoms with Crippen molar-refractivity contribution in [2.75, 3.05) is 0 Å². The van der Waals surface area contributed by atoms with Gasteiger partial charge in [-0.1, -0.05) is 0 Å². The molecule has 2 aromatic rings. The summed E-state index contributed by atoms with van der Waals surface area (Å²) in [5.74, 6) is -1.33. The third kappa shape index (κ3) is 3.18. The van der Waals surface area contributed by atoms with Crippen molar-refractivity contribution >= 4 is 17.8 Å². The van der Waals surface area contributed by atoms with Crippen molar-refractivity contribution in [3.8, 4) is 0 Å². The maximum Gasteiger partial charge on any atom is 0.335 e. The number of nitrogens with one attached hydrogen (secondary N) is 1. The van der Waals surface area contributed by atoms with Crippen LogP contribution in [0.25, 0.3) is 0 Å². The molecular weight excluding hydrogens is 348 g/mol. The van der Waals surface area contributed by atoms with Crippen LogP contribution in [0.2, 0.25) is 0 Å². The number of nitrogens with zero attached hydrogens (tertiary/aromatic N) is 3. The lowest BCUT2D eigenvalue weighted by Crippen LogP contribution is -2.41. The van der Waals surface area contributed by atoms with Gasteiger partial charge in [-0.05, 0) is 43.2 Å². The molecule has 2 amide bonds. The Labute approximate surface area is 155 Å². The monoisotopic (exact) mass is 368 g/mol. The van der Waals surface area contributed by atoms with Crippen molar-refractivity contribution in [1.29, 1.82) is 0 Å². The summed E-state index contributed by atoms with van der Waals surface area (Å²) in [7, 11) is 1.83. The molecular formula is C19H20N4O4. The first kappa shape index (κ1) is 17.3. The molecule has 1 aromatic carbocycles. The van der Waals surface area contributed by atoms with E-state index in [1.165, 1.54) is 24.3 Å². The van der Waals surface area contributed by atoms with Crippen molar-refractivity contribution in [3.63, 3.8) is 0 Å². The zero-order valence-corrected chi connectivity index (χ0v) is 14.8. The van der Waals surface area contributed by atoms with Crippen LogP contribution in [0, 0.1) is 0 Å². The number of rotatable bonds is 5. The van der Waals surface area contributed by atoms with Crippen molar-refractivity contribution < 1.29 is 19.5 Å². The SMILES string of the molecule is Cn1nccc1[C@H]1[C@H](NC(=O)c2ccc(C(=O)O)cc2)CC(=O)N1C1CC1. The number of likely N-dealkylation sites (tertiary alicyclic amines) is 1. The van der Waals surface area contributed by atoms with E-state index in [0.717, 1.165) is 18.5 Å². The van der Waals surface area contributed by atoms with E-state index in [1.807, 2.05) is 18.0 Å². The number of carbonyl (C=O) groups is 3. The first-order valence-corrected chi connectivity index (χ1v) is 8.89. The molecule has 1 saturated carbocycles. The fraction of sp³-hybridized carbons (Fsp3) is 0.368. The first-order chi connectivity index (χ1) is 13.0. The number of carboxylic acid groups (broad SMARTS) is 1. The number of hydrogen-bond acceptors (Lipinski definition) is 4. The predicted octanol–water partition coefficient (Wildman–Crippen LogP) is 1.35. The number of carbonyl (C=O) groups excluding carboxylic acids is 2. The van der Waals surface area contributed by atoms with E-state index < -0.39 is 5.97 Å². The molecule has 4 rings (SSSR count). The van der Waals surface area contributed by atoms with Gasteiger partial charge in [0, 0.05) is 31.3 Å². The minimum Gasteiger partial charge on any atom is -0.478 e. The fourth-order valence-corrected chi connectivity index (χ4v) is 3.71. The summed E-state index contributed by atoms with van der Waals surface area (Å²) in [5, 5.41) is 16.1. The van der Waals surface area contributed by atoms with E-state index in [0.29, 0.717) is 5.56 Å². The van der Waals surface area contributed by atoms with Gasteiger partial charge in [-0.3, -0.25) is 14.3 Å². The molecule has 0 spiro atoms. The Balaban J connectivity index is 1.57. The number of aromatic carboxylic acids is 1. The molecule has 2 atom stereocenters. The Morgan fingerprint density at radius 3 is 2.37 bits per heavy atom. The van der Waals surface area contributed by atoms with Crippen LogP contribution in [-0.2, 0) is 11.8 Å². The molecule has 1 aromatic heterocycles. The smallest absolute Gasteiger partial charge is 0.335 e. The van der Waals surface area contributed by atoms with Crippen LogP contribution in [0.1, 0.15) is 51.7 Å². The van der Waals surface area contributed by atoms with Gasteiger partial charge in [0.05, 0.1) is 23.3 Å². The van der Waals surface area contributed by atoms with Crippen LogP contribution in [0.4, 0.5) is 0 Å². The Morgan fingerprint density at radius 1 is 1.15 bits per heavy atom. The van der Waals surface area contributed by atoms with E-state index in [2.05, 4.69) is 10.4 Å². The van der Waals surface area contributed by atoms with Crippen molar-refractivity contribution in [2.24, 2.45) is 7.05 Å². The standard InChI is InChI=1S/C19H20N4O4/c1-22-15(8-9-20-22)17-14(10-16(24)23(17)13-6-7-13)21-18(25)11-2-4-12(5-3-11)19(26)27/h2-5,8-9,13-14,17H,6-7,10H2,1H3,(H,21,25)(H,26,27)/t14-,17-/m1/s1. The maximum atomic E-state index is 12.7. The van der Waals surface area contributed by atoms with Gasteiger partial charge in [0.25, 0.3) is 5.91 Å². The summed E-state index contributed by atoms with van der Waals surface area (Å²) in [5.41, 5.74) is 1.37. The van der Waals surface area contributed by atoms with Gasteiger partial charge in [0.2, 0.25) is 5.91 Å². The number of aryl methyl sites for hydroxylation is 1. The lowest BCUT2D eigenvalue weighted by atomic mass is 10.0. The second-order valence-electron chi connectivity index (χ2n) is 7.02. The molecule has 0 unspecified atom stereocenters. The molecule has 140 valence electrons. The van der Waals surface area contributed by atoms with E-state index in [9.17, 15) is 14.4 Å². The molecule has 2 fully saturated rings. The number of hydrogen-bond donors (Lipinski definition) is 2. The van der Waals surface area contributed by atoms with Crippen LogP contribution >= 0.6 is 0 Å². The molecule has 0 bridgehead atoms. The van der Waals surface area contributed by atoms with Gasteiger partial charge in [-0.25, -0.2) is 4.79 Å². The topological polar surface area (TPSA) is 105 Å². The van der Waals surface area contributed by atoms with Gasteiger partial charge in [0.1, 0.15) is 0 Å². The van der Waals surface area contributed by atoms with E-state index in [1.54, 1.807) is 10.9 Å². The summed E-state index contributed by atoms with van der Waals surface area (Å²) in [4.78, 5) is 38.1. The van der Waals surface area contributed by atoms with Crippen LogP contribution in [0.5, 0.6) is 0 Å². The minimum absolute atomic E-state index is 0.0372. The van der Waals surface area contributed by atoms with Gasteiger partial charge >= 0.3 is 5.97 Å².